The van der Waals surface area contributed by atoms with Crippen LogP contribution in [0, 0.1) is 13.8 Å². The Morgan fingerprint density at radius 3 is 2.05 bits per heavy atom. The van der Waals surface area contributed by atoms with E-state index in [0.29, 0.717) is 22.2 Å². The first-order valence-corrected chi connectivity index (χ1v) is 13.2. The SMILES string of the molecule is Cc1ccc(N=C2S/C(=C3\C(=O)N(Cc4ccccc4)c4ccccc43)C(=O)N2c2ccc(C)cc2)cc1. The van der Waals surface area contributed by atoms with E-state index in [-0.39, 0.29) is 11.8 Å². The van der Waals surface area contributed by atoms with Crippen LogP contribution in [-0.2, 0) is 16.1 Å². The molecular weight excluding hydrogens is 490 g/mol. The first-order chi connectivity index (χ1) is 18.5. The molecule has 38 heavy (non-hydrogen) atoms. The number of thioether (sulfide) groups is 1. The van der Waals surface area contributed by atoms with E-state index in [1.807, 2.05) is 117 Å². The number of carbonyl (C=O) groups is 2. The van der Waals surface area contributed by atoms with Crippen LogP contribution in [0.15, 0.2) is 113 Å². The zero-order chi connectivity index (χ0) is 26.2. The van der Waals surface area contributed by atoms with Gasteiger partial charge in [0.25, 0.3) is 11.8 Å². The third-order valence-electron chi connectivity index (χ3n) is 6.67. The van der Waals surface area contributed by atoms with E-state index < -0.39 is 0 Å². The van der Waals surface area contributed by atoms with Gasteiger partial charge in [-0.25, -0.2) is 4.99 Å². The number of carbonyl (C=O) groups excluding carboxylic acids is 2. The number of fused-ring (bicyclic) bond motifs is 1. The molecule has 0 unspecified atom stereocenters. The topological polar surface area (TPSA) is 53.0 Å². The van der Waals surface area contributed by atoms with E-state index >= 15 is 0 Å². The van der Waals surface area contributed by atoms with Crippen molar-refractivity contribution in [1.82, 2.24) is 0 Å². The van der Waals surface area contributed by atoms with Crippen molar-refractivity contribution in [3.63, 3.8) is 0 Å². The van der Waals surface area contributed by atoms with Crippen molar-refractivity contribution in [2.45, 2.75) is 20.4 Å². The molecule has 1 fully saturated rings. The highest BCUT2D eigenvalue weighted by molar-refractivity contribution is 8.19. The van der Waals surface area contributed by atoms with Crippen molar-refractivity contribution < 1.29 is 9.59 Å². The summed E-state index contributed by atoms with van der Waals surface area (Å²) >= 11 is 1.26. The fourth-order valence-corrected chi connectivity index (χ4v) is 5.76. The van der Waals surface area contributed by atoms with Crippen LogP contribution in [0.2, 0.25) is 0 Å². The van der Waals surface area contributed by atoms with Crippen molar-refractivity contribution in [2.75, 3.05) is 9.80 Å². The molecule has 0 aliphatic carbocycles. The van der Waals surface area contributed by atoms with Crippen LogP contribution in [0.25, 0.3) is 5.57 Å². The van der Waals surface area contributed by atoms with Crippen LogP contribution in [0.5, 0.6) is 0 Å². The van der Waals surface area contributed by atoms with Crippen LogP contribution in [0.1, 0.15) is 22.3 Å². The number of amides is 2. The number of aryl methyl sites for hydroxylation is 2. The fraction of sp³-hybridized carbons (Fsp3) is 0.0938. The smallest absolute Gasteiger partial charge is 0.272 e. The summed E-state index contributed by atoms with van der Waals surface area (Å²) in [4.78, 5) is 36.6. The summed E-state index contributed by atoms with van der Waals surface area (Å²) in [6.45, 7) is 4.46. The average molecular weight is 516 g/mol. The van der Waals surface area contributed by atoms with Gasteiger partial charge in [-0.2, -0.15) is 0 Å². The van der Waals surface area contributed by atoms with E-state index in [4.69, 9.17) is 4.99 Å². The lowest BCUT2D eigenvalue weighted by atomic mass is 10.1. The molecule has 1 saturated heterocycles. The molecule has 2 aliphatic heterocycles. The maximum absolute atomic E-state index is 14.0. The Morgan fingerprint density at radius 2 is 1.34 bits per heavy atom. The molecule has 6 rings (SSSR count). The second-order valence-electron chi connectivity index (χ2n) is 9.41. The first-order valence-electron chi connectivity index (χ1n) is 12.4. The lowest BCUT2D eigenvalue weighted by Gasteiger charge is -2.17. The summed E-state index contributed by atoms with van der Waals surface area (Å²) in [6, 6.07) is 33.2. The van der Waals surface area contributed by atoms with Crippen molar-refractivity contribution >= 4 is 51.4 Å². The zero-order valence-electron chi connectivity index (χ0n) is 21.1. The lowest BCUT2D eigenvalue weighted by molar-refractivity contribution is -0.115. The molecule has 0 bridgehead atoms. The van der Waals surface area contributed by atoms with E-state index in [1.165, 1.54) is 11.8 Å². The van der Waals surface area contributed by atoms with Gasteiger partial charge in [0.2, 0.25) is 0 Å². The van der Waals surface area contributed by atoms with Gasteiger partial charge < -0.3 is 4.90 Å². The molecule has 0 saturated carbocycles. The molecule has 5 nitrogen and oxygen atoms in total. The number of amidine groups is 1. The average Bonchev–Trinajstić information content (AvgIpc) is 3.39. The van der Waals surface area contributed by atoms with Gasteiger partial charge in [-0.3, -0.25) is 14.5 Å². The summed E-state index contributed by atoms with van der Waals surface area (Å²) in [5.74, 6) is -0.421. The van der Waals surface area contributed by atoms with E-state index in [9.17, 15) is 9.59 Å². The Kier molecular flexibility index (Phi) is 6.18. The van der Waals surface area contributed by atoms with E-state index in [2.05, 4.69) is 0 Å². The summed E-state index contributed by atoms with van der Waals surface area (Å²) in [7, 11) is 0. The predicted octanol–water partition coefficient (Wildman–Crippen LogP) is 7.03. The van der Waals surface area contributed by atoms with Gasteiger partial charge in [-0.15, -0.1) is 0 Å². The van der Waals surface area contributed by atoms with Crippen LogP contribution in [0.3, 0.4) is 0 Å². The highest BCUT2D eigenvalue weighted by atomic mass is 32.2. The monoisotopic (exact) mass is 515 g/mol. The van der Waals surface area contributed by atoms with Gasteiger partial charge >= 0.3 is 0 Å². The van der Waals surface area contributed by atoms with Gasteiger partial charge in [0.1, 0.15) is 0 Å². The minimum atomic E-state index is -0.246. The highest BCUT2D eigenvalue weighted by Crippen LogP contribution is 2.46. The summed E-state index contributed by atoms with van der Waals surface area (Å²) in [6.07, 6.45) is 0. The number of hydrogen-bond acceptors (Lipinski definition) is 4. The van der Waals surface area contributed by atoms with Crippen LogP contribution < -0.4 is 9.80 Å². The molecule has 186 valence electrons. The minimum Gasteiger partial charge on any atom is -0.303 e. The Hall–Kier alpha value is -4.42. The van der Waals surface area contributed by atoms with Gasteiger partial charge in [-0.1, -0.05) is 83.9 Å². The van der Waals surface area contributed by atoms with Gasteiger partial charge in [0.15, 0.2) is 5.17 Å². The molecule has 0 aromatic heterocycles. The number of para-hydroxylation sites is 1. The molecule has 0 radical (unpaired) electrons. The lowest BCUT2D eigenvalue weighted by Crippen LogP contribution is -2.30. The number of anilines is 2. The highest BCUT2D eigenvalue weighted by Gasteiger charge is 2.43. The summed E-state index contributed by atoms with van der Waals surface area (Å²) in [5.41, 5.74) is 6.72. The van der Waals surface area contributed by atoms with Crippen LogP contribution >= 0.6 is 11.8 Å². The zero-order valence-corrected chi connectivity index (χ0v) is 21.9. The molecule has 4 aromatic rings. The third-order valence-corrected chi connectivity index (χ3v) is 7.71. The number of rotatable bonds is 4. The van der Waals surface area contributed by atoms with Gasteiger partial charge in [-0.05, 0) is 61.5 Å². The normalized spacial score (nSPS) is 18.0. The van der Waals surface area contributed by atoms with Crippen LogP contribution in [-0.4, -0.2) is 17.0 Å². The Labute approximate surface area is 226 Å². The number of nitrogens with zero attached hydrogens (tertiary/aromatic N) is 3. The first kappa shape index (κ1) is 23.9. The second kappa shape index (κ2) is 9.80. The maximum atomic E-state index is 14.0. The Balaban J connectivity index is 1.48. The number of aliphatic imine (C=N–C) groups is 1. The summed E-state index contributed by atoms with van der Waals surface area (Å²) < 4.78 is 0. The quantitative estimate of drug-likeness (QED) is 0.274. The molecule has 0 N–H and O–H groups in total. The molecule has 0 spiro atoms. The van der Waals surface area contributed by atoms with Crippen molar-refractivity contribution in [3.8, 4) is 0 Å². The maximum Gasteiger partial charge on any atom is 0.272 e. The third kappa shape index (κ3) is 4.33. The largest absolute Gasteiger partial charge is 0.303 e. The van der Waals surface area contributed by atoms with Crippen LogP contribution in [0.4, 0.5) is 17.1 Å². The Bertz CT molecular complexity index is 1610. The second-order valence-corrected chi connectivity index (χ2v) is 10.4. The van der Waals surface area contributed by atoms with Crippen molar-refractivity contribution in [2.24, 2.45) is 4.99 Å². The molecule has 0 atom stereocenters. The van der Waals surface area contributed by atoms with Gasteiger partial charge in [0.05, 0.1) is 34.1 Å². The van der Waals surface area contributed by atoms with Gasteiger partial charge in [0, 0.05) is 5.56 Å². The standard InChI is InChI=1S/C32H25N3O2S/c1-21-12-16-24(17-13-21)33-32-35(25-18-14-22(2)15-19-25)31(37)29(38-32)28-26-10-6-7-11-27(26)34(30(28)36)20-23-8-4-3-5-9-23/h3-19H,20H2,1-2H3/b29-28-,33-32?. The Morgan fingerprint density at radius 1 is 0.711 bits per heavy atom. The van der Waals surface area contributed by atoms with E-state index in [0.717, 1.165) is 39.3 Å². The molecule has 6 heteroatoms. The molecule has 2 heterocycles. The minimum absolute atomic E-state index is 0.175. The molecule has 2 amide bonds. The number of benzene rings is 4. The summed E-state index contributed by atoms with van der Waals surface area (Å²) in [5, 5.41) is 0.525. The van der Waals surface area contributed by atoms with Crippen molar-refractivity contribution in [1.29, 1.82) is 0 Å². The van der Waals surface area contributed by atoms with E-state index in [1.54, 1.807) is 9.80 Å². The molecular formula is C32H25N3O2S. The molecule has 4 aromatic carbocycles. The fourth-order valence-electron chi connectivity index (χ4n) is 4.67. The predicted molar refractivity (Wildman–Crippen MR) is 156 cm³/mol. The van der Waals surface area contributed by atoms with Crippen molar-refractivity contribution in [3.05, 3.63) is 130 Å². The molecule has 2 aliphatic rings. The number of hydrogen-bond donors (Lipinski definition) is 0.